The molecule has 0 aliphatic heterocycles. The Balaban J connectivity index is 1.74. The van der Waals surface area contributed by atoms with Crippen molar-refractivity contribution < 1.29 is 9.53 Å². The highest BCUT2D eigenvalue weighted by molar-refractivity contribution is 5.86. The zero-order valence-corrected chi connectivity index (χ0v) is 9.90. The predicted octanol–water partition coefficient (Wildman–Crippen LogP) is 2.14. The van der Waals surface area contributed by atoms with Crippen LogP contribution in [0.2, 0.25) is 0 Å². The van der Waals surface area contributed by atoms with Gasteiger partial charge < -0.3 is 9.30 Å². The van der Waals surface area contributed by atoms with Crippen molar-refractivity contribution in [3.63, 3.8) is 0 Å². The van der Waals surface area contributed by atoms with Crippen molar-refractivity contribution in [1.82, 2.24) is 9.55 Å². The van der Waals surface area contributed by atoms with Gasteiger partial charge in [0.05, 0.1) is 12.9 Å². The molecule has 0 radical (unpaired) electrons. The van der Waals surface area contributed by atoms with E-state index in [1.54, 1.807) is 18.6 Å². The molecule has 1 aromatic heterocycles. The number of carbonyl (C=O) groups excluding carboxylic acids is 1. The molecule has 0 N–H and O–H groups in total. The molecule has 0 fully saturated rings. The monoisotopic (exact) mass is 242 g/mol. The zero-order valence-electron chi connectivity index (χ0n) is 9.90. The van der Waals surface area contributed by atoms with Gasteiger partial charge in [0.25, 0.3) is 0 Å². The normalized spacial score (nSPS) is 10.7. The molecule has 0 amide bonds. The van der Waals surface area contributed by atoms with E-state index in [2.05, 4.69) is 4.98 Å². The van der Waals surface area contributed by atoms with Gasteiger partial charge in [-0.25, -0.2) is 9.78 Å². The number of nitrogens with zero attached hydrogens (tertiary/aromatic N) is 2. The minimum Gasteiger partial charge on any atom is -0.461 e. The standard InChI is InChI=1S/C14H14N2O2/c17-14(7-6-13-4-2-1-3-5-13)18-11-10-16-9-8-15-12-16/h1-9,12H,10-11H2/b7-6+. The number of hydrogen-bond acceptors (Lipinski definition) is 3. The molecule has 0 aliphatic carbocycles. The Morgan fingerprint density at radius 2 is 2.17 bits per heavy atom. The van der Waals surface area contributed by atoms with E-state index in [4.69, 9.17) is 4.74 Å². The highest BCUT2D eigenvalue weighted by atomic mass is 16.5. The lowest BCUT2D eigenvalue weighted by Gasteiger charge is -2.02. The summed E-state index contributed by atoms with van der Waals surface area (Å²) in [5, 5.41) is 0. The van der Waals surface area contributed by atoms with Crippen LogP contribution >= 0.6 is 0 Å². The number of aromatic nitrogens is 2. The van der Waals surface area contributed by atoms with E-state index < -0.39 is 0 Å². The first kappa shape index (κ1) is 12.1. The quantitative estimate of drug-likeness (QED) is 0.596. The number of hydrogen-bond donors (Lipinski definition) is 0. The number of benzene rings is 1. The molecule has 0 saturated heterocycles. The van der Waals surface area contributed by atoms with Crippen molar-refractivity contribution in [2.24, 2.45) is 0 Å². The minimum absolute atomic E-state index is 0.334. The summed E-state index contributed by atoms with van der Waals surface area (Å²) in [5.74, 6) is -0.334. The van der Waals surface area contributed by atoms with E-state index >= 15 is 0 Å². The fourth-order valence-electron chi connectivity index (χ4n) is 1.45. The third-order valence-corrected chi connectivity index (χ3v) is 2.36. The Morgan fingerprint density at radius 1 is 1.33 bits per heavy atom. The van der Waals surface area contributed by atoms with Crippen LogP contribution in [0, 0.1) is 0 Å². The number of esters is 1. The molecule has 18 heavy (non-hydrogen) atoms. The van der Waals surface area contributed by atoms with Gasteiger partial charge in [0.2, 0.25) is 0 Å². The van der Waals surface area contributed by atoms with Crippen LogP contribution in [0.15, 0.2) is 55.1 Å². The zero-order chi connectivity index (χ0) is 12.6. The third kappa shape index (κ3) is 3.90. The van der Waals surface area contributed by atoms with Gasteiger partial charge in [-0.2, -0.15) is 0 Å². The fourth-order valence-corrected chi connectivity index (χ4v) is 1.45. The Kier molecular flexibility index (Phi) is 4.30. The molecule has 1 aromatic carbocycles. The van der Waals surface area contributed by atoms with Gasteiger partial charge in [-0.3, -0.25) is 0 Å². The highest BCUT2D eigenvalue weighted by Gasteiger charge is 1.97. The van der Waals surface area contributed by atoms with E-state index in [-0.39, 0.29) is 5.97 Å². The largest absolute Gasteiger partial charge is 0.461 e. The first-order valence-electron chi connectivity index (χ1n) is 5.70. The third-order valence-electron chi connectivity index (χ3n) is 2.36. The predicted molar refractivity (Wildman–Crippen MR) is 68.7 cm³/mol. The first-order chi connectivity index (χ1) is 8.84. The van der Waals surface area contributed by atoms with Crippen molar-refractivity contribution in [2.45, 2.75) is 6.54 Å². The van der Waals surface area contributed by atoms with Crippen LogP contribution in [-0.2, 0) is 16.1 Å². The maximum absolute atomic E-state index is 11.4. The summed E-state index contributed by atoms with van der Waals surface area (Å²) >= 11 is 0. The molecular weight excluding hydrogens is 228 g/mol. The second-order valence-electron chi connectivity index (χ2n) is 3.71. The van der Waals surface area contributed by atoms with Crippen molar-refractivity contribution in [3.05, 3.63) is 60.7 Å². The minimum atomic E-state index is -0.334. The molecule has 4 heteroatoms. The van der Waals surface area contributed by atoms with E-state index in [9.17, 15) is 4.79 Å². The molecule has 1 heterocycles. The number of carbonyl (C=O) groups is 1. The van der Waals surface area contributed by atoms with Crippen LogP contribution < -0.4 is 0 Å². The Labute approximate surface area is 106 Å². The number of ether oxygens (including phenoxy) is 1. The summed E-state index contributed by atoms with van der Waals surface area (Å²) in [5.41, 5.74) is 0.976. The molecule has 4 nitrogen and oxygen atoms in total. The molecule has 92 valence electrons. The lowest BCUT2D eigenvalue weighted by molar-refractivity contribution is -0.137. The van der Waals surface area contributed by atoms with Crippen LogP contribution in [0.25, 0.3) is 6.08 Å². The van der Waals surface area contributed by atoms with E-state index in [1.165, 1.54) is 6.08 Å². The summed E-state index contributed by atoms with van der Waals surface area (Å²) in [7, 11) is 0. The van der Waals surface area contributed by atoms with Crippen LogP contribution in [0.3, 0.4) is 0 Å². The summed E-state index contributed by atoms with van der Waals surface area (Å²) < 4.78 is 6.92. The average Bonchev–Trinajstić information content (AvgIpc) is 2.91. The van der Waals surface area contributed by atoms with Crippen molar-refractivity contribution in [1.29, 1.82) is 0 Å². The second-order valence-corrected chi connectivity index (χ2v) is 3.71. The van der Waals surface area contributed by atoms with Crippen LogP contribution in [0.1, 0.15) is 5.56 Å². The summed E-state index contributed by atoms with van der Waals surface area (Å²) in [6.45, 7) is 0.958. The van der Waals surface area contributed by atoms with Crippen LogP contribution in [0.5, 0.6) is 0 Å². The lowest BCUT2D eigenvalue weighted by atomic mass is 10.2. The van der Waals surface area contributed by atoms with Gasteiger partial charge in [0.15, 0.2) is 0 Å². The van der Waals surface area contributed by atoms with Gasteiger partial charge in [-0.05, 0) is 11.6 Å². The van der Waals surface area contributed by atoms with Gasteiger partial charge >= 0.3 is 5.97 Å². The first-order valence-corrected chi connectivity index (χ1v) is 5.70. The van der Waals surface area contributed by atoms with Gasteiger partial charge in [-0.1, -0.05) is 30.3 Å². The fraction of sp³-hybridized carbons (Fsp3) is 0.143. The molecular formula is C14H14N2O2. The molecule has 0 bridgehead atoms. The van der Waals surface area contributed by atoms with Gasteiger partial charge in [0.1, 0.15) is 6.61 Å². The van der Waals surface area contributed by atoms with E-state index in [0.29, 0.717) is 13.2 Å². The summed E-state index contributed by atoms with van der Waals surface area (Å²) in [6, 6.07) is 9.62. The van der Waals surface area contributed by atoms with Crippen LogP contribution in [0.4, 0.5) is 0 Å². The number of rotatable bonds is 5. The van der Waals surface area contributed by atoms with E-state index in [0.717, 1.165) is 5.56 Å². The average molecular weight is 242 g/mol. The molecule has 0 saturated carbocycles. The van der Waals surface area contributed by atoms with Gasteiger partial charge in [-0.15, -0.1) is 0 Å². The molecule has 0 spiro atoms. The Bertz CT molecular complexity index is 504. The Morgan fingerprint density at radius 3 is 2.89 bits per heavy atom. The molecule has 0 aliphatic rings. The number of imidazole rings is 1. The van der Waals surface area contributed by atoms with Crippen LogP contribution in [-0.4, -0.2) is 22.1 Å². The van der Waals surface area contributed by atoms with Crippen molar-refractivity contribution >= 4 is 12.0 Å². The van der Waals surface area contributed by atoms with Crippen molar-refractivity contribution in [2.75, 3.05) is 6.61 Å². The summed E-state index contributed by atoms with van der Waals surface area (Å²) in [4.78, 5) is 15.3. The molecule has 2 rings (SSSR count). The van der Waals surface area contributed by atoms with E-state index in [1.807, 2.05) is 41.1 Å². The molecule has 0 unspecified atom stereocenters. The summed E-state index contributed by atoms with van der Waals surface area (Å²) in [6.07, 6.45) is 8.38. The lowest BCUT2D eigenvalue weighted by Crippen LogP contribution is -2.08. The molecule has 0 atom stereocenters. The maximum atomic E-state index is 11.4. The smallest absolute Gasteiger partial charge is 0.330 e. The van der Waals surface area contributed by atoms with Crippen molar-refractivity contribution in [3.8, 4) is 0 Å². The second kappa shape index (κ2) is 6.39. The highest BCUT2D eigenvalue weighted by Crippen LogP contribution is 2.01. The topological polar surface area (TPSA) is 44.1 Å². The SMILES string of the molecule is O=C(/C=C/c1ccccc1)OCCn1ccnc1. The molecule has 2 aromatic rings. The maximum Gasteiger partial charge on any atom is 0.330 e. The van der Waals surface area contributed by atoms with Gasteiger partial charge in [0, 0.05) is 18.5 Å². The Hall–Kier alpha value is -2.36.